The third-order valence-corrected chi connectivity index (χ3v) is 0.822. The summed E-state index contributed by atoms with van der Waals surface area (Å²) < 4.78 is 24.1. The Labute approximate surface area is 73.3 Å². The standard InChI is InChI=1S/C8H10F2.C2H6/c1-6(2)4-5-8(10)7(3)9;1-2/h4-5H,3H2,1-2H3;1-2H3/b8-5+;. The molecule has 0 fully saturated rings. The number of allylic oxidation sites excluding steroid dienone is 5. The molecule has 0 spiro atoms. The van der Waals surface area contributed by atoms with Crippen molar-refractivity contribution >= 4 is 0 Å². The second kappa shape index (κ2) is 8.18. The minimum Gasteiger partial charge on any atom is -0.204 e. The van der Waals surface area contributed by atoms with Crippen LogP contribution in [0, 0.1) is 0 Å². The third kappa shape index (κ3) is 9.08. The van der Waals surface area contributed by atoms with E-state index in [1.165, 1.54) is 6.08 Å². The predicted octanol–water partition coefficient (Wildman–Crippen LogP) is 4.32. The molecule has 0 saturated heterocycles. The Balaban J connectivity index is 0. The maximum atomic E-state index is 12.2. The predicted molar refractivity (Wildman–Crippen MR) is 50.2 cm³/mol. The summed E-state index contributed by atoms with van der Waals surface area (Å²) in [6, 6.07) is 0. The highest BCUT2D eigenvalue weighted by Crippen LogP contribution is 2.10. The van der Waals surface area contributed by atoms with Gasteiger partial charge in [-0.1, -0.05) is 32.1 Å². The molecule has 0 aliphatic carbocycles. The molecular weight excluding hydrogens is 158 g/mol. The topological polar surface area (TPSA) is 0 Å². The molecule has 0 amide bonds. The molecule has 0 radical (unpaired) electrons. The van der Waals surface area contributed by atoms with E-state index in [4.69, 9.17) is 0 Å². The molecule has 70 valence electrons. The van der Waals surface area contributed by atoms with Crippen LogP contribution in [0.1, 0.15) is 27.7 Å². The summed E-state index contributed by atoms with van der Waals surface area (Å²) >= 11 is 0. The van der Waals surface area contributed by atoms with Crippen molar-refractivity contribution in [3.8, 4) is 0 Å². The molecular formula is C10H16F2. The van der Waals surface area contributed by atoms with Gasteiger partial charge in [0.2, 0.25) is 0 Å². The van der Waals surface area contributed by atoms with Crippen LogP contribution in [0.3, 0.4) is 0 Å². The van der Waals surface area contributed by atoms with E-state index >= 15 is 0 Å². The average Bonchev–Trinajstić information content (AvgIpc) is 2.03. The molecule has 0 bridgehead atoms. The van der Waals surface area contributed by atoms with Crippen molar-refractivity contribution in [2.75, 3.05) is 0 Å². The highest BCUT2D eigenvalue weighted by Gasteiger charge is 1.94. The van der Waals surface area contributed by atoms with Crippen molar-refractivity contribution in [3.63, 3.8) is 0 Å². The smallest absolute Gasteiger partial charge is 0.158 e. The van der Waals surface area contributed by atoms with E-state index in [0.717, 1.165) is 11.6 Å². The average molecular weight is 174 g/mol. The third-order valence-electron chi connectivity index (χ3n) is 0.822. The first-order chi connectivity index (χ1) is 5.54. The second-order valence-corrected chi connectivity index (χ2v) is 2.16. The van der Waals surface area contributed by atoms with Crippen molar-refractivity contribution in [1.82, 2.24) is 0 Å². The number of rotatable bonds is 2. The van der Waals surface area contributed by atoms with Gasteiger partial charge in [-0.15, -0.1) is 0 Å². The van der Waals surface area contributed by atoms with Crippen molar-refractivity contribution in [1.29, 1.82) is 0 Å². The molecule has 0 nitrogen and oxygen atoms in total. The first-order valence-corrected chi connectivity index (χ1v) is 3.89. The van der Waals surface area contributed by atoms with Gasteiger partial charge in [-0.2, -0.15) is 0 Å². The lowest BCUT2D eigenvalue weighted by Gasteiger charge is -1.86. The molecule has 0 atom stereocenters. The van der Waals surface area contributed by atoms with Crippen LogP contribution < -0.4 is 0 Å². The van der Waals surface area contributed by atoms with Crippen LogP contribution in [-0.2, 0) is 0 Å². The van der Waals surface area contributed by atoms with Gasteiger partial charge in [0.15, 0.2) is 11.7 Å². The lowest BCUT2D eigenvalue weighted by molar-refractivity contribution is 0.548. The fourth-order valence-corrected chi connectivity index (χ4v) is 0.330. The van der Waals surface area contributed by atoms with Gasteiger partial charge in [0, 0.05) is 0 Å². The van der Waals surface area contributed by atoms with Crippen LogP contribution in [0.5, 0.6) is 0 Å². The van der Waals surface area contributed by atoms with E-state index in [2.05, 4.69) is 6.58 Å². The minimum absolute atomic E-state index is 0.913. The van der Waals surface area contributed by atoms with Crippen LogP contribution in [0.2, 0.25) is 0 Å². The second-order valence-electron chi connectivity index (χ2n) is 2.16. The van der Waals surface area contributed by atoms with E-state index in [9.17, 15) is 8.78 Å². The monoisotopic (exact) mass is 174 g/mol. The lowest BCUT2D eigenvalue weighted by atomic mass is 10.3. The number of hydrogen-bond donors (Lipinski definition) is 0. The van der Waals surface area contributed by atoms with Crippen molar-refractivity contribution < 1.29 is 8.78 Å². The Morgan fingerprint density at radius 1 is 1.08 bits per heavy atom. The van der Waals surface area contributed by atoms with Crippen LogP contribution in [0.25, 0.3) is 0 Å². The normalized spacial score (nSPS) is 9.67. The first kappa shape index (κ1) is 13.7. The highest BCUT2D eigenvalue weighted by atomic mass is 19.2. The van der Waals surface area contributed by atoms with Gasteiger partial charge >= 0.3 is 0 Å². The fourth-order valence-electron chi connectivity index (χ4n) is 0.330. The van der Waals surface area contributed by atoms with Crippen LogP contribution in [0.4, 0.5) is 8.78 Å². The summed E-state index contributed by atoms with van der Waals surface area (Å²) in [7, 11) is 0. The quantitative estimate of drug-likeness (QED) is 0.547. The maximum Gasteiger partial charge on any atom is 0.158 e. The summed E-state index contributed by atoms with van der Waals surface area (Å²) in [5, 5.41) is 0. The van der Waals surface area contributed by atoms with Crippen molar-refractivity contribution in [3.05, 3.63) is 36.0 Å². The Morgan fingerprint density at radius 2 is 1.50 bits per heavy atom. The van der Waals surface area contributed by atoms with Gasteiger partial charge in [-0.3, -0.25) is 0 Å². The molecule has 2 heteroatoms. The number of halogens is 2. The minimum atomic E-state index is -1.03. The van der Waals surface area contributed by atoms with Gasteiger partial charge in [0.05, 0.1) is 0 Å². The molecule has 0 rings (SSSR count). The SMILES string of the molecule is C=C(F)/C(F)=C\C=C(C)C.CC. The number of hydrogen-bond acceptors (Lipinski definition) is 0. The zero-order valence-electron chi connectivity index (χ0n) is 8.12. The highest BCUT2D eigenvalue weighted by molar-refractivity contribution is 5.21. The molecule has 0 aliphatic heterocycles. The Morgan fingerprint density at radius 3 is 1.75 bits per heavy atom. The van der Waals surface area contributed by atoms with E-state index in [0.29, 0.717) is 0 Å². The Bertz CT molecular complexity index is 184. The van der Waals surface area contributed by atoms with E-state index in [-0.39, 0.29) is 0 Å². The van der Waals surface area contributed by atoms with Crippen LogP contribution in [-0.4, -0.2) is 0 Å². The molecule has 0 heterocycles. The van der Waals surface area contributed by atoms with Gasteiger partial charge in [0.1, 0.15) is 0 Å². The van der Waals surface area contributed by atoms with Crippen LogP contribution in [0.15, 0.2) is 36.0 Å². The van der Waals surface area contributed by atoms with E-state index < -0.39 is 11.7 Å². The summed E-state index contributed by atoms with van der Waals surface area (Å²) in [5.74, 6) is -1.95. The van der Waals surface area contributed by atoms with E-state index in [1.807, 2.05) is 13.8 Å². The first-order valence-electron chi connectivity index (χ1n) is 3.89. The Kier molecular flexibility index (Phi) is 9.31. The fraction of sp³-hybridized carbons (Fsp3) is 0.400. The zero-order valence-corrected chi connectivity index (χ0v) is 8.12. The Hall–Kier alpha value is -0.920. The molecule has 0 saturated carbocycles. The van der Waals surface area contributed by atoms with Crippen molar-refractivity contribution in [2.45, 2.75) is 27.7 Å². The van der Waals surface area contributed by atoms with Gasteiger partial charge in [0.25, 0.3) is 0 Å². The zero-order chi connectivity index (χ0) is 10.1. The summed E-state index contributed by atoms with van der Waals surface area (Å²) in [6.45, 7) is 10.4. The van der Waals surface area contributed by atoms with Gasteiger partial charge in [-0.05, 0) is 19.9 Å². The van der Waals surface area contributed by atoms with Gasteiger partial charge < -0.3 is 0 Å². The van der Waals surface area contributed by atoms with Crippen LogP contribution >= 0.6 is 0 Å². The summed E-state index contributed by atoms with van der Waals surface area (Å²) in [5.41, 5.74) is 0.913. The largest absolute Gasteiger partial charge is 0.204 e. The molecule has 0 aromatic carbocycles. The molecule has 0 aromatic heterocycles. The lowest BCUT2D eigenvalue weighted by Crippen LogP contribution is -1.70. The molecule has 12 heavy (non-hydrogen) atoms. The van der Waals surface area contributed by atoms with Crippen molar-refractivity contribution in [2.24, 2.45) is 0 Å². The maximum absolute atomic E-state index is 12.2. The molecule has 0 unspecified atom stereocenters. The molecule has 0 aliphatic rings. The molecule has 0 aromatic rings. The molecule has 0 N–H and O–H groups in total. The summed E-state index contributed by atoms with van der Waals surface area (Å²) in [4.78, 5) is 0. The van der Waals surface area contributed by atoms with E-state index in [1.54, 1.807) is 13.8 Å². The summed E-state index contributed by atoms with van der Waals surface area (Å²) in [6.07, 6.45) is 2.54. The van der Waals surface area contributed by atoms with Gasteiger partial charge in [-0.25, -0.2) is 8.78 Å².